The first-order valence-corrected chi connectivity index (χ1v) is 12.4. The number of aliphatic hydroxyl groups is 1. The minimum absolute atomic E-state index is 0.0575. The maximum Gasteiger partial charge on any atom is 0.345 e. The number of aryl methyl sites for hydroxylation is 1. The number of rotatable bonds is 11. The summed E-state index contributed by atoms with van der Waals surface area (Å²) in [4.78, 5) is 25.3. The number of unbranched alkanes of at least 4 members (excludes halogenated alkanes) is 2. The molecule has 0 amide bonds. The van der Waals surface area contributed by atoms with E-state index in [1.807, 2.05) is 30.3 Å². The molecule has 0 spiro atoms. The number of carboxylic acid groups (broad SMARTS) is 1. The van der Waals surface area contributed by atoms with Crippen molar-refractivity contribution in [1.29, 1.82) is 0 Å². The van der Waals surface area contributed by atoms with Crippen LogP contribution in [0, 0.1) is 5.92 Å². The van der Waals surface area contributed by atoms with Gasteiger partial charge in [0.15, 0.2) is 0 Å². The van der Waals surface area contributed by atoms with Gasteiger partial charge in [-0.25, -0.2) is 4.79 Å². The number of aliphatic hydroxyl groups excluding tert-OH is 1. The molecular weight excluding hydrogens is 408 g/mol. The van der Waals surface area contributed by atoms with E-state index in [2.05, 4.69) is 6.92 Å². The van der Waals surface area contributed by atoms with E-state index in [-0.39, 0.29) is 5.92 Å². The van der Waals surface area contributed by atoms with Crippen molar-refractivity contribution in [3.05, 3.63) is 57.3 Å². The lowest BCUT2D eigenvalue weighted by Crippen LogP contribution is -2.26. The number of hydrogen-bond acceptors (Lipinski definition) is 4. The smallest absolute Gasteiger partial charge is 0.345 e. The van der Waals surface area contributed by atoms with E-state index < -0.39 is 12.1 Å². The third-order valence-corrected chi connectivity index (χ3v) is 7.58. The van der Waals surface area contributed by atoms with Gasteiger partial charge in [-0.05, 0) is 67.7 Å². The summed E-state index contributed by atoms with van der Waals surface area (Å²) in [5, 5.41) is 19.5. The number of carbonyl (C=O) groups excluding carboxylic acids is 1. The molecule has 2 N–H and O–H groups in total. The van der Waals surface area contributed by atoms with Crippen LogP contribution in [0.3, 0.4) is 0 Å². The SMILES string of the molecule is CCCCCC(O)c1ccc(C2C(=O)CCCC2CCCc2ccc(C(=O)O)s2)cc1. The van der Waals surface area contributed by atoms with Crippen LogP contribution >= 0.6 is 11.3 Å². The van der Waals surface area contributed by atoms with Gasteiger partial charge >= 0.3 is 5.97 Å². The lowest BCUT2D eigenvalue weighted by atomic mass is 9.72. The molecule has 4 nitrogen and oxygen atoms in total. The third kappa shape index (κ3) is 6.50. The molecule has 1 aliphatic carbocycles. The van der Waals surface area contributed by atoms with Crippen LogP contribution in [-0.4, -0.2) is 22.0 Å². The summed E-state index contributed by atoms with van der Waals surface area (Å²) < 4.78 is 0. The first kappa shape index (κ1) is 23.7. The van der Waals surface area contributed by atoms with Gasteiger partial charge in [-0.2, -0.15) is 0 Å². The van der Waals surface area contributed by atoms with E-state index in [0.29, 0.717) is 23.0 Å². The molecule has 3 unspecified atom stereocenters. The van der Waals surface area contributed by atoms with Crippen LogP contribution < -0.4 is 0 Å². The second-order valence-electron chi connectivity index (χ2n) is 8.74. The number of ketones is 1. The van der Waals surface area contributed by atoms with Crippen LogP contribution in [0.1, 0.15) is 102 Å². The molecule has 1 fully saturated rings. The number of hydrogen-bond donors (Lipinski definition) is 2. The van der Waals surface area contributed by atoms with Crippen LogP contribution in [0.15, 0.2) is 36.4 Å². The van der Waals surface area contributed by atoms with Gasteiger partial charge < -0.3 is 10.2 Å². The predicted molar refractivity (Wildman–Crippen MR) is 125 cm³/mol. The van der Waals surface area contributed by atoms with Crippen LogP contribution in [-0.2, 0) is 11.2 Å². The molecule has 1 saturated carbocycles. The van der Waals surface area contributed by atoms with Gasteiger partial charge in [0.1, 0.15) is 10.7 Å². The van der Waals surface area contributed by atoms with E-state index in [1.165, 1.54) is 11.3 Å². The van der Waals surface area contributed by atoms with Crippen molar-refractivity contribution >= 4 is 23.1 Å². The number of carboxylic acids is 1. The van der Waals surface area contributed by atoms with Crippen LogP contribution in [0.25, 0.3) is 0 Å². The summed E-state index contributed by atoms with van der Waals surface area (Å²) in [6.07, 6.45) is 9.11. The van der Waals surface area contributed by atoms with Crippen molar-refractivity contribution in [3.8, 4) is 0 Å². The summed E-state index contributed by atoms with van der Waals surface area (Å²) in [5.74, 6) is -0.261. The second kappa shape index (κ2) is 11.6. The zero-order valence-corrected chi connectivity index (χ0v) is 19.2. The summed E-state index contributed by atoms with van der Waals surface area (Å²) in [6, 6.07) is 11.6. The minimum atomic E-state index is -0.867. The van der Waals surface area contributed by atoms with Crippen LogP contribution in [0.2, 0.25) is 0 Å². The zero-order valence-electron chi connectivity index (χ0n) is 18.4. The summed E-state index contributed by atoms with van der Waals surface area (Å²) >= 11 is 1.35. The highest BCUT2D eigenvalue weighted by Crippen LogP contribution is 2.39. The summed E-state index contributed by atoms with van der Waals surface area (Å²) in [5.41, 5.74) is 2.01. The van der Waals surface area contributed by atoms with Crippen molar-refractivity contribution in [3.63, 3.8) is 0 Å². The zero-order chi connectivity index (χ0) is 22.2. The lowest BCUT2D eigenvalue weighted by molar-refractivity contribution is -0.123. The van der Waals surface area contributed by atoms with E-state index in [1.54, 1.807) is 6.07 Å². The highest BCUT2D eigenvalue weighted by atomic mass is 32.1. The molecule has 5 heteroatoms. The average molecular weight is 443 g/mol. The second-order valence-corrected chi connectivity index (χ2v) is 9.91. The largest absolute Gasteiger partial charge is 0.477 e. The topological polar surface area (TPSA) is 74.6 Å². The monoisotopic (exact) mass is 442 g/mol. The quantitative estimate of drug-likeness (QED) is 0.388. The number of Topliss-reactive ketones (excluding diaryl/α,β-unsaturated/α-hetero) is 1. The molecule has 1 aromatic carbocycles. The van der Waals surface area contributed by atoms with Crippen molar-refractivity contribution in [2.75, 3.05) is 0 Å². The summed E-state index contributed by atoms with van der Waals surface area (Å²) in [7, 11) is 0. The highest BCUT2D eigenvalue weighted by Gasteiger charge is 2.32. The molecule has 0 radical (unpaired) electrons. The Morgan fingerprint density at radius 2 is 1.90 bits per heavy atom. The van der Waals surface area contributed by atoms with E-state index in [9.17, 15) is 14.7 Å². The van der Waals surface area contributed by atoms with Crippen molar-refractivity contribution in [2.24, 2.45) is 5.92 Å². The molecule has 0 bridgehead atoms. The van der Waals surface area contributed by atoms with Crippen LogP contribution in [0.5, 0.6) is 0 Å². The number of thiophene rings is 1. The predicted octanol–water partition coefficient (Wildman–Crippen LogP) is 6.54. The molecule has 2 aromatic rings. The molecular formula is C26H34O4S. The Bertz CT molecular complexity index is 855. The number of aromatic carboxylic acids is 1. The fraction of sp³-hybridized carbons (Fsp3) is 0.538. The molecule has 1 aromatic heterocycles. The Labute approximate surface area is 189 Å². The van der Waals surface area contributed by atoms with Crippen molar-refractivity contribution in [1.82, 2.24) is 0 Å². The third-order valence-electron chi connectivity index (χ3n) is 6.45. The molecule has 3 atom stereocenters. The normalized spacial score (nSPS) is 20.0. The fourth-order valence-corrected chi connectivity index (χ4v) is 5.63. The number of benzene rings is 1. The van der Waals surface area contributed by atoms with Gasteiger partial charge in [-0.1, -0.05) is 50.5 Å². The molecule has 3 rings (SSSR count). The Morgan fingerprint density at radius 3 is 2.58 bits per heavy atom. The molecule has 1 aliphatic rings. The molecule has 1 heterocycles. The highest BCUT2D eigenvalue weighted by molar-refractivity contribution is 7.13. The Balaban J connectivity index is 1.60. The molecule has 31 heavy (non-hydrogen) atoms. The van der Waals surface area contributed by atoms with Gasteiger partial charge in [-0.15, -0.1) is 11.3 Å². The van der Waals surface area contributed by atoms with Gasteiger partial charge in [-0.3, -0.25) is 4.79 Å². The van der Waals surface area contributed by atoms with Gasteiger partial charge in [0.2, 0.25) is 0 Å². The first-order chi connectivity index (χ1) is 15.0. The van der Waals surface area contributed by atoms with Gasteiger partial charge in [0.25, 0.3) is 0 Å². The molecule has 0 aliphatic heterocycles. The first-order valence-electron chi connectivity index (χ1n) is 11.6. The van der Waals surface area contributed by atoms with E-state index in [4.69, 9.17) is 5.11 Å². The maximum absolute atomic E-state index is 12.8. The Morgan fingerprint density at radius 1 is 1.13 bits per heavy atom. The average Bonchev–Trinajstić information content (AvgIpc) is 3.23. The maximum atomic E-state index is 12.8. The van der Waals surface area contributed by atoms with Crippen molar-refractivity contribution < 1.29 is 19.8 Å². The van der Waals surface area contributed by atoms with E-state index >= 15 is 0 Å². The standard InChI is InChI=1S/C26H34O4S/c1-2-3-4-10-22(27)18-12-14-20(15-13-18)25-19(8-6-11-23(25)28)7-5-9-21-16-17-24(31-21)26(29)30/h12-17,19,22,25,27H,2-11H2,1H3,(H,29,30). The minimum Gasteiger partial charge on any atom is -0.477 e. The number of carbonyl (C=O) groups is 2. The molecule has 0 saturated heterocycles. The van der Waals surface area contributed by atoms with Crippen LogP contribution in [0.4, 0.5) is 0 Å². The van der Waals surface area contributed by atoms with Gasteiger partial charge in [0.05, 0.1) is 6.10 Å². The Hall–Kier alpha value is -1.98. The van der Waals surface area contributed by atoms with Crippen molar-refractivity contribution in [2.45, 2.75) is 83.2 Å². The Kier molecular flexibility index (Phi) is 8.85. The van der Waals surface area contributed by atoms with Gasteiger partial charge in [0, 0.05) is 17.2 Å². The lowest BCUT2D eigenvalue weighted by Gasteiger charge is -2.31. The van der Waals surface area contributed by atoms with E-state index in [0.717, 1.165) is 73.8 Å². The summed E-state index contributed by atoms with van der Waals surface area (Å²) in [6.45, 7) is 2.16. The molecule has 168 valence electrons. The fourth-order valence-electron chi connectivity index (χ4n) is 4.74.